The average molecular weight is 421 g/mol. The van der Waals surface area contributed by atoms with Gasteiger partial charge in [-0.3, -0.25) is 4.79 Å². The number of benzene rings is 3. The molecule has 0 fully saturated rings. The maximum absolute atomic E-state index is 12.7. The zero-order valence-electron chi connectivity index (χ0n) is 18.1. The normalized spacial score (nSPS) is 10.5. The van der Waals surface area contributed by atoms with Crippen molar-refractivity contribution in [1.29, 1.82) is 0 Å². The maximum atomic E-state index is 12.7. The molecule has 6 heteroatoms. The molecule has 0 N–H and O–H groups in total. The van der Waals surface area contributed by atoms with Crippen LogP contribution in [0.3, 0.4) is 0 Å². The molecule has 0 aliphatic carbocycles. The summed E-state index contributed by atoms with van der Waals surface area (Å²) in [4.78, 5) is 26.9. The zero-order valence-corrected chi connectivity index (χ0v) is 18.1. The molecule has 0 heterocycles. The molecule has 0 aromatic heterocycles. The van der Waals surface area contributed by atoms with Crippen LogP contribution in [0.1, 0.15) is 29.8 Å². The number of fused-ring (bicyclic) bond motifs is 1. The third kappa shape index (κ3) is 5.34. The lowest BCUT2D eigenvalue weighted by molar-refractivity contribution is -0.134. The largest absolute Gasteiger partial charge is 0.493 e. The Morgan fingerprint density at radius 3 is 2.45 bits per heavy atom. The summed E-state index contributed by atoms with van der Waals surface area (Å²) in [5.74, 6) is 0.505. The molecule has 6 nitrogen and oxygen atoms in total. The van der Waals surface area contributed by atoms with Crippen molar-refractivity contribution in [1.82, 2.24) is 4.90 Å². The van der Waals surface area contributed by atoms with Crippen molar-refractivity contribution in [3.8, 4) is 11.5 Å². The van der Waals surface area contributed by atoms with E-state index in [1.807, 2.05) is 62.4 Å². The van der Waals surface area contributed by atoms with Gasteiger partial charge in [-0.25, -0.2) is 4.79 Å². The molecule has 0 bridgehead atoms. The fourth-order valence-corrected chi connectivity index (χ4v) is 3.38. The number of amides is 1. The van der Waals surface area contributed by atoms with E-state index in [-0.39, 0.29) is 12.5 Å². The molecule has 3 aromatic carbocycles. The number of esters is 1. The van der Waals surface area contributed by atoms with Crippen LogP contribution >= 0.6 is 0 Å². The van der Waals surface area contributed by atoms with Gasteiger partial charge in [0.2, 0.25) is 0 Å². The molecule has 0 unspecified atom stereocenters. The summed E-state index contributed by atoms with van der Waals surface area (Å²) < 4.78 is 16.3. The Labute approximate surface area is 182 Å². The summed E-state index contributed by atoms with van der Waals surface area (Å²) >= 11 is 0. The molecule has 3 aromatic rings. The third-order valence-electron chi connectivity index (χ3n) is 4.97. The van der Waals surface area contributed by atoms with Crippen molar-refractivity contribution in [2.24, 2.45) is 0 Å². The number of ether oxygens (including phenoxy) is 3. The molecule has 0 aliphatic rings. The number of carbonyl (C=O) groups is 2. The zero-order chi connectivity index (χ0) is 22.2. The molecule has 0 atom stereocenters. The molecule has 0 aliphatic heterocycles. The Morgan fingerprint density at radius 2 is 1.71 bits per heavy atom. The van der Waals surface area contributed by atoms with Crippen LogP contribution in [0, 0.1) is 0 Å². The van der Waals surface area contributed by atoms with Gasteiger partial charge in [-0.05, 0) is 48.4 Å². The summed E-state index contributed by atoms with van der Waals surface area (Å²) in [6, 6.07) is 18.6. The Hall–Kier alpha value is -3.54. The number of hydrogen-bond donors (Lipinski definition) is 0. The Morgan fingerprint density at radius 1 is 0.935 bits per heavy atom. The van der Waals surface area contributed by atoms with Crippen LogP contribution in [0.15, 0.2) is 60.7 Å². The molecule has 31 heavy (non-hydrogen) atoms. The molecule has 0 saturated carbocycles. The van der Waals surface area contributed by atoms with Crippen LogP contribution in [-0.4, -0.2) is 43.6 Å². The summed E-state index contributed by atoms with van der Waals surface area (Å²) in [6.07, 6.45) is 0. The number of nitrogens with zero attached hydrogens (tertiary/aromatic N) is 1. The van der Waals surface area contributed by atoms with Gasteiger partial charge in [0.05, 0.1) is 19.3 Å². The van der Waals surface area contributed by atoms with Gasteiger partial charge in [-0.2, -0.15) is 0 Å². The molecule has 3 rings (SSSR count). The van der Waals surface area contributed by atoms with Crippen LogP contribution in [-0.2, 0) is 16.1 Å². The van der Waals surface area contributed by atoms with Crippen molar-refractivity contribution in [3.63, 3.8) is 0 Å². The highest BCUT2D eigenvalue weighted by Crippen LogP contribution is 2.28. The molecule has 162 valence electrons. The minimum absolute atomic E-state index is 0.260. The van der Waals surface area contributed by atoms with Gasteiger partial charge in [0.25, 0.3) is 5.91 Å². The van der Waals surface area contributed by atoms with E-state index >= 15 is 0 Å². The lowest BCUT2D eigenvalue weighted by atomic mass is 10.1. The summed E-state index contributed by atoms with van der Waals surface area (Å²) in [7, 11) is 1.58. The van der Waals surface area contributed by atoms with E-state index in [0.717, 1.165) is 16.3 Å². The van der Waals surface area contributed by atoms with Crippen LogP contribution in [0.5, 0.6) is 11.5 Å². The van der Waals surface area contributed by atoms with Crippen LogP contribution in [0.4, 0.5) is 0 Å². The van der Waals surface area contributed by atoms with Crippen molar-refractivity contribution in [2.45, 2.75) is 20.4 Å². The predicted molar refractivity (Wildman–Crippen MR) is 119 cm³/mol. The van der Waals surface area contributed by atoms with Gasteiger partial charge in [-0.1, -0.05) is 42.5 Å². The smallest absolute Gasteiger partial charge is 0.339 e. The molecule has 0 radical (unpaired) electrons. The van der Waals surface area contributed by atoms with E-state index in [2.05, 4.69) is 0 Å². The first-order chi connectivity index (χ1) is 15.1. The molecule has 0 saturated heterocycles. The first-order valence-corrected chi connectivity index (χ1v) is 10.3. The van der Waals surface area contributed by atoms with Crippen LogP contribution < -0.4 is 9.47 Å². The Kier molecular flexibility index (Phi) is 7.49. The first kappa shape index (κ1) is 22.2. The second-order valence-electron chi connectivity index (χ2n) is 6.93. The number of likely N-dealkylation sites (N-methyl/N-ethyl adjacent to an activating group) is 1. The third-order valence-corrected chi connectivity index (χ3v) is 4.97. The van der Waals surface area contributed by atoms with Gasteiger partial charge in [0, 0.05) is 13.1 Å². The Bertz CT molecular complexity index is 1060. The first-order valence-electron chi connectivity index (χ1n) is 10.3. The predicted octanol–water partition coefficient (Wildman–Crippen LogP) is 4.45. The van der Waals surface area contributed by atoms with E-state index in [0.29, 0.717) is 36.8 Å². The maximum Gasteiger partial charge on any atom is 0.339 e. The molecular weight excluding hydrogens is 394 g/mol. The average Bonchev–Trinajstić information content (AvgIpc) is 2.81. The lowest BCUT2D eigenvalue weighted by Gasteiger charge is -2.21. The number of rotatable bonds is 9. The summed E-state index contributed by atoms with van der Waals surface area (Å²) in [5, 5.41) is 1.75. The van der Waals surface area contributed by atoms with E-state index in [1.54, 1.807) is 24.1 Å². The number of methoxy groups -OCH3 is 1. The van der Waals surface area contributed by atoms with Gasteiger partial charge < -0.3 is 19.1 Å². The number of carbonyl (C=O) groups excluding carboxylic acids is 2. The van der Waals surface area contributed by atoms with Crippen LogP contribution in [0.2, 0.25) is 0 Å². The van der Waals surface area contributed by atoms with Gasteiger partial charge >= 0.3 is 5.97 Å². The summed E-state index contributed by atoms with van der Waals surface area (Å²) in [5.41, 5.74) is 1.35. The monoisotopic (exact) mass is 421 g/mol. The van der Waals surface area contributed by atoms with Crippen molar-refractivity contribution >= 4 is 22.6 Å². The minimum atomic E-state index is -0.510. The summed E-state index contributed by atoms with van der Waals surface area (Å²) in [6.45, 7) is 4.88. The van der Waals surface area contributed by atoms with Crippen molar-refractivity contribution < 1.29 is 23.8 Å². The lowest BCUT2D eigenvalue weighted by Crippen LogP contribution is -2.34. The van der Waals surface area contributed by atoms with Crippen molar-refractivity contribution in [2.75, 3.05) is 26.9 Å². The molecular formula is C25H27NO5. The van der Waals surface area contributed by atoms with E-state index in [1.165, 1.54) is 0 Å². The van der Waals surface area contributed by atoms with E-state index in [9.17, 15) is 9.59 Å². The number of hydrogen-bond acceptors (Lipinski definition) is 5. The van der Waals surface area contributed by atoms with Gasteiger partial charge in [0.15, 0.2) is 18.1 Å². The highest BCUT2D eigenvalue weighted by atomic mass is 16.5. The van der Waals surface area contributed by atoms with E-state index < -0.39 is 5.97 Å². The van der Waals surface area contributed by atoms with Crippen molar-refractivity contribution in [3.05, 3.63) is 71.8 Å². The standard InChI is InChI=1S/C25H27NO5/c1-4-26(16-18-13-14-22(30-5-2)23(15-18)29-3)24(27)17-31-25(28)21-12-8-10-19-9-6-7-11-20(19)21/h6-15H,4-5,16-17H2,1-3H3. The second kappa shape index (κ2) is 10.5. The fourth-order valence-electron chi connectivity index (χ4n) is 3.38. The Balaban J connectivity index is 1.65. The molecule has 1 amide bonds. The molecule has 0 spiro atoms. The quantitative estimate of drug-likeness (QED) is 0.478. The van der Waals surface area contributed by atoms with Gasteiger partial charge in [0.1, 0.15) is 0 Å². The SMILES string of the molecule is CCOc1ccc(CN(CC)C(=O)COC(=O)c2cccc3ccccc23)cc1OC. The minimum Gasteiger partial charge on any atom is -0.493 e. The van der Waals surface area contributed by atoms with Gasteiger partial charge in [-0.15, -0.1) is 0 Å². The highest BCUT2D eigenvalue weighted by Gasteiger charge is 2.18. The second-order valence-corrected chi connectivity index (χ2v) is 6.93. The fraction of sp³-hybridized carbons (Fsp3) is 0.280. The highest BCUT2D eigenvalue weighted by molar-refractivity contribution is 6.04. The van der Waals surface area contributed by atoms with E-state index in [4.69, 9.17) is 14.2 Å². The van der Waals surface area contributed by atoms with Crippen LogP contribution in [0.25, 0.3) is 10.8 Å². The topological polar surface area (TPSA) is 65.1 Å².